The molecule has 4 aromatic rings. The molecule has 0 atom stereocenters. The Balaban J connectivity index is 0.000000147. The van der Waals surface area contributed by atoms with Crippen LogP contribution in [0.1, 0.15) is 0 Å². The summed E-state index contributed by atoms with van der Waals surface area (Å²) in [4.78, 5) is 8.36. The standard InChI is InChI=1S/2C9H7N.Al/c2*1-2-6-9-8(4-1)5-3-7-10-9;/h2*1-7H;. The molecule has 0 unspecified atom stereocenters. The molecule has 2 heterocycles. The predicted molar refractivity (Wildman–Crippen MR) is 89.2 cm³/mol. The Morgan fingerprint density at radius 3 is 1.29 bits per heavy atom. The summed E-state index contributed by atoms with van der Waals surface area (Å²) < 4.78 is 0. The normalized spacial score (nSPS) is 9.52. The minimum Gasteiger partial charge on any atom is -0.256 e. The largest absolute Gasteiger partial charge is 0.256 e. The van der Waals surface area contributed by atoms with Crippen molar-refractivity contribution in [3.63, 3.8) is 0 Å². The highest BCUT2D eigenvalue weighted by molar-refractivity contribution is 5.78. The quantitative estimate of drug-likeness (QED) is 0.455. The molecule has 2 aromatic heterocycles. The summed E-state index contributed by atoms with van der Waals surface area (Å²) in [5.41, 5.74) is 2.12. The number of hydrogen-bond acceptors (Lipinski definition) is 2. The first kappa shape index (κ1) is 15.2. The van der Waals surface area contributed by atoms with Crippen molar-refractivity contribution >= 4 is 39.2 Å². The van der Waals surface area contributed by atoms with Crippen molar-refractivity contribution in [2.24, 2.45) is 0 Å². The molecule has 0 spiro atoms. The van der Waals surface area contributed by atoms with Gasteiger partial charge in [-0.05, 0) is 24.3 Å². The van der Waals surface area contributed by atoms with Crippen LogP contribution in [-0.2, 0) is 0 Å². The summed E-state index contributed by atoms with van der Waals surface area (Å²) in [5.74, 6) is 0. The van der Waals surface area contributed by atoms with Crippen molar-refractivity contribution in [1.82, 2.24) is 9.97 Å². The van der Waals surface area contributed by atoms with E-state index >= 15 is 0 Å². The monoisotopic (exact) mass is 285 g/mol. The molecule has 99 valence electrons. The Labute approximate surface area is 134 Å². The van der Waals surface area contributed by atoms with Crippen LogP contribution in [0.5, 0.6) is 0 Å². The summed E-state index contributed by atoms with van der Waals surface area (Å²) in [5, 5.41) is 2.40. The van der Waals surface area contributed by atoms with Gasteiger partial charge in [-0.3, -0.25) is 9.97 Å². The molecule has 3 radical (unpaired) electrons. The van der Waals surface area contributed by atoms with Crippen molar-refractivity contribution in [3.8, 4) is 0 Å². The molecule has 0 aliphatic rings. The lowest BCUT2D eigenvalue weighted by Crippen LogP contribution is -1.73. The third kappa shape index (κ3) is 3.89. The van der Waals surface area contributed by atoms with Gasteiger partial charge in [0.25, 0.3) is 0 Å². The average molecular weight is 285 g/mol. The van der Waals surface area contributed by atoms with E-state index in [0.29, 0.717) is 0 Å². The number of para-hydroxylation sites is 2. The summed E-state index contributed by atoms with van der Waals surface area (Å²) in [6, 6.07) is 24.2. The van der Waals surface area contributed by atoms with Crippen LogP contribution in [0.2, 0.25) is 0 Å². The fraction of sp³-hybridized carbons (Fsp3) is 0. The first-order valence-electron chi connectivity index (χ1n) is 6.53. The summed E-state index contributed by atoms with van der Waals surface area (Å²) in [7, 11) is 0. The molecular weight excluding hydrogens is 271 g/mol. The van der Waals surface area contributed by atoms with E-state index in [4.69, 9.17) is 0 Å². The number of rotatable bonds is 0. The Kier molecular flexibility index (Phi) is 5.45. The highest BCUT2D eigenvalue weighted by Gasteiger charge is 1.87. The first-order valence-corrected chi connectivity index (χ1v) is 6.53. The molecule has 0 saturated carbocycles. The van der Waals surface area contributed by atoms with Gasteiger partial charge in [0.1, 0.15) is 0 Å². The van der Waals surface area contributed by atoms with Gasteiger partial charge >= 0.3 is 0 Å². The number of benzene rings is 2. The van der Waals surface area contributed by atoms with Crippen molar-refractivity contribution < 1.29 is 0 Å². The Bertz CT molecular complexity index is 628. The molecule has 2 nitrogen and oxygen atoms in total. The predicted octanol–water partition coefficient (Wildman–Crippen LogP) is 4.09. The van der Waals surface area contributed by atoms with Gasteiger partial charge in [-0.2, -0.15) is 0 Å². The first-order chi connectivity index (χ1) is 9.93. The fourth-order valence-corrected chi connectivity index (χ4v) is 2.03. The van der Waals surface area contributed by atoms with Gasteiger partial charge in [0.05, 0.1) is 11.0 Å². The van der Waals surface area contributed by atoms with E-state index in [-0.39, 0.29) is 17.4 Å². The van der Waals surface area contributed by atoms with Crippen molar-refractivity contribution in [2.45, 2.75) is 0 Å². The van der Waals surface area contributed by atoms with Gasteiger partial charge in [-0.25, -0.2) is 0 Å². The maximum atomic E-state index is 4.18. The van der Waals surface area contributed by atoms with Gasteiger partial charge in [-0.15, -0.1) is 0 Å². The third-order valence-corrected chi connectivity index (χ3v) is 3.02. The van der Waals surface area contributed by atoms with Crippen LogP contribution in [0, 0.1) is 0 Å². The van der Waals surface area contributed by atoms with E-state index < -0.39 is 0 Å². The topological polar surface area (TPSA) is 25.8 Å². The van der Waals surface area contributed by atoms with Crippen LogP contribution >= 0.6 is 0 Å². The second-order valence-corrected chi connectivity index (χ2v) is 4.39. The third-order valence-electron chi connectivity index (χ3n) is 3.02. The molecule has 3 heteroatoms. The van der Waals surface area contributed by atoms with Crippen molar-refractivity contribution in [3.05, 3.63) is 85.2 Å². The summed E-state index contributed by atoms with van der Waals surface area (Å²) >= 11 is 0. The Morgan fingerprint density at radius 2 is 0.857 bits per heavy atom. The molecule has 0 aliphatic carbocycles. The maximum absolute atomic E-state index is 4.18. The summed E-state index contributed by atoms with van der Waals surface area (Å²) in [6.07, 6.45) is 3.62. The van der Waals surface area contributed by atoms with E-state index in [1.54, 1.807) is 0 Å². The highest BCUT2D eigenvalue weighted by atomic mass is 27.0. The Hall–Kier alpha value is -2.21. The molecule has 4 rings (SSSR count). The van der Waals surface area contributed by atoms with Crippen LogP contribution in [0.15, 0.2) is 85.2 Å². The molecule has 0 N–H and O–H groups in total. The van der Waals surface area contributed by atoms with E-state index in [9.17, 15) is 0 Å². The zero-order chi connectivity index (χ0) is 13.6. The van der Waals surface area contributed by atoms with Gasteiger partial charge in [-0.1, -0.05) is 48.5 Å². The van der Waals surface area contributed by atoms with Crippen LogP contribution in [0.4, 0.5) is 0 Å². The lowest BCUT2D eigenvalue weighted by Gasteiger charge is -1.91. The minimum absolute atomic E-state index is 0. The molecule has 0 fully saturated rings. The van der Waals surface area contributed by atoms with E-state index in [0.717, 1.165) is 11.0 Å². The molecule has 0 aliphatic heterocycles. The van der Waals surface area contributed by atoms with Crippen molar-refractivity contribution in [1.29, 1.82) is 0 Å². The van der Waals surface area contributed by atoms with Crippen LogP contribution in [0.25, 0.3) is 21.8 Å². The second-order valence-electron chi connectivity index (χ2n) is 4.39. The molecule has 2 aromatic carbocycles. The molecule has 21 heavy (non-hydrogen) atoms. The highest BCUT2D eigenvalue weighted by Crippen LogP contribution is 2.08. The van der Waals surface area contributed by atoms with Gasteiger partial charge in [0, 0.05) is 40.5 Å². The lowest BCUT2D eigenvalue weighted by atomic mass is 10.2. The number of hydrogen-bond donors (Lipinski definition) is 0. The van der Waals surface area contributed by atoms with Crippen LogP contribution in [0.3, 0.4) is 0 Å². The lowest BCUT2D eigenvalue weighted by molar-refractivity contribution is 1.41. The van der Waals surface area contributed by atoms with Crippen LogP contribution in [-0.4, -0.2) is 27.3 Å². The minimum atomic E-state index is 0. The maximum Gasteiger partial charge on any atom is 0.0701 e. The summed E-state index contributed by atoms with van der Waals surface area (Å²) in [6.45, 7) is 0. The number of fused-ring (bicyclic) bond motifs is 2. The van der Waals surface area contributed by atoms with Crippen molar-refractivity contribution in [2.75, 3.05) is 0 Å². The number of aromatic nitrogens is 2. The average Bonchev–Trinajstić information content (AvgIpc) is 2.56. The van der Waals surface area contributed by atoms with E-state index in [1.807, 2.05) is 60.9 Å². The van der Waals surface area contributed by atoms with Gasteiger partial charge in [0.2, 0.25) is 0 Å². The van der Waals surface area contributed by atoms with E-state index in [2.05, 4.69) is 34.2 Å². The Morgan fingerprint density at radius 1 is 0.476 bits per heavy atom. The number of pyridine rings is 2. The van der Waals surface area contributed by atoms with E-state index in [1.165, 1.54) is 10.8 Å². The molecule has 0 bridgehead atoms. The van der Waals surface area contributed by atoms with Gasteiger partial charge in [0.15, 0.2) is 0 Å². The fourth-order valence-electron chi connectivity index (χ4n) is 2.03. The smallest absolute Gasteiger partial charge is 0.0701 e. The molecule has 0 saturated heterocycles. The number of nitrogens with zero attached hydrogens (tertiary/aromatic N) is 2. The van der Waals surface area contributed by atoms with Gasteiger partial charge < -0.3 is 0 Å². The zero-order valence-electron chi connectivity index (χ0n) is 11.6. The molecule has 0 amide bonds. The van der Waals surface area contributed by atoms with Crippen LogP contribution < -0.4 is 0 Å². The SMILES string of the molecule is [Al].c1ccc2ncccc2c1.c1ccc2ncccc2c1. The zero-order valence-corrected chi connectivity index (χ0v) is 12.7. The molecular formula is C18H14AlN2. The second kappa shape index (κ2) is 7.54.